The smallest absolute Gasteiger partial charge is 0.306 e. The van der Waals surface area contributed by atoms with Crippen LogP contribution in [0.3, 0.4) is 0 Å². The third-order valence-corrected chi connectivity index (χ3v) is 3.54. The molecule has 1 atom stereocenters. The molecule has 1 fully saturated rings. The van der Waals surface area contributed by atoms with Crippen molar-refractivity contribution in [3.8, 4) is 5.75 Å². The van der Waals surface area contributed by atoms with Gasteiger partial charge in [-0.15, -0.1) is 0 Å². The Morgan fingerprint density at radius 2 is 2.22 bits per heavy atom. The molecule has 0 amide bonds. The highest BCUT2D eigenvalue weighted by Crippen LogP contribution is 2.27. The number of aliphatic carboxylic acids is 1. The summed E-state index contributed by atoms with van der Waals surface area (Å²) in [6, 6.07) is 3.42. The first-order chi connectivity index (χ1) is 8.47. The molecule has 2 rings (SSSR count). The van der Waals surface area contributed by atoms with Crippen molar-refractivity contribution < 1.29 is 15.0 Å². The molecule has 2 heterocycles. The fourth-order valence-electron chi connectivity index (χ4n) is 2.19. The molecule has 5 heteroatoms. The highest BCUT2D eigenvalue weighted by atomic mass is 16.4. The summed E-state index contributed by atoms with van der Waals surface area (Å²) in [4.78, 5) is 17.2. The fourth-order valence-corrected chi connectivity index (χ4v) is 2.19. The lowest BCUT2D eigenvalue weighted by atomic mass is 9.87. The number of pyridine rings is 1. The zero-order chi connectivity index (χ0) is 13.3. The summed E-state index contributed by atoms with van der Waals surface area (Å²) in [5.74, 6) is -0.638. The molecule has 1 aliphatic heterocycles. The molecule has 1 unspecified atom stereocenters. The molecule has 0 aromatic carbocycles. The number of hydrogen-bond donors (Lipinski definition) is 2. The first-order valence-electron chi connectivity index (χ1n) is 6.08. The lowest BCUT2D eigenvalue weighted by Crippen LogP contribution is -2.50. The highest BCUT2D eigenvalue weighted by Gasteiger charge is 2.34. The van der Waals surface area contributed by atoms with Gasteiger partial charge in [-0.1, -0.05) is 6.92 Å². The summed E-state index contributed by atoms with van der Waals surface area (Å²) in [5, 5.41) is 18.6. The van der Waals surface area contributed by atoms with Gasteiger partial charge in [0.25, 0.3) is 0 Å². The molecule has 18 heavy (non-hydrogen) atoms. The van der Waals surface area contributed by atoms with Crippen LogP contribution < -0.4 is 0 Å². The van der Waals surface area contributed by atoms with E-state index in [0.717, 1.165) is 18.8 Å². The van der Waals surface area contributed by atoms with E-state index in [1.165, 1.54) is 0 Å². The van der Waals surface area contributed by atoms with Crippen molar-refractivity contribution in [3.05, 3.63) is 23.5 Å². The average molecular weight is 250 g/mol. The second kappa shape index (κ2) is 4.94. The Bertz CT molecular complexity index is 456. The maximum Gasteiger partial charge on any atom is 0.306 e. The third-order valence-electron chi connectivity index (χ3n) is 3.54. The van der Waals surface area contributed by atoms with Gasteiger partial charge in [0.05, 0.1) is 11.6 Å². The van der Waals surface area contributed by atoms with Crippen LogP contribution in [0.25, 0.3) is 0 Å². The molecule has 0 spiro atoms. The Kier molecular flexibility index (Phi) is 3.52. The Morgan fingerprint density at radius 3 is 2.83 bits per heavy atom. The van der Waals surface area contributed by atoms with Crippen molar-refractivity contribution in [2.75, 3.05) is 13.1 Å². The molecule has 0 bridgehead atoms. The molecule has 0 radical (unpaired) electrons. The van der Waals surface area contributed by atoms with E-state index in [1.54, 1.807) is 19.1 Å². The van der Waals surface area contributed by atoms with E-state index in [0.29, 0.717) is 12.2 Å². The summed E-state index contributed by atoms with van der Waals surface area (Å²) in [6.45, 7) is 5.71. The quantitative estimate of drug-likeness (QED) is 0.841. The predicted octanol–water partition coefficient (Wildman–Crippen LogP) is 1.25. The SMILES string of the molecule is Cc1ccc(O)c(CN2CC(C(C)C(=O)O)C2)n1. The summed E-state index contributed by atoms with van der Waals surface area (Å²) < 4.78 is 0. The van der Waals surface area contributed by atoms with Crippen LogP contribution in [-0.2, 0) is 11.3 Å². The normalized spacial score (nSPS) is 18.3. The van der Waals surface area contributed by atoms with Gasteiger partial charge in [-0.2, -0.15) is 0 Å². The second-order valence-electron chi connectivity index (χ2n) is 5.00. The molecule has 1 aliphatic rings. The van der Waals surface area contributed by atoms with E-state index in [2.05, 4.69) is 9.88 Å². The van der Waals surface area contributed by atoms with Crippen LogP contribution in [0.2, 0.25) is 0 Å². The lowest BCUT2D eigenvalue weighted by molar-refractivity contribution is -0.145. The van der Waals surface area contributed by atoms with Crippen LogP contribution in [0.4, 0.5) is 0 Å². The number of carbonyl (C=O) groups is 1. The predicted molar refractivity (Wildman–Crippen MR) is 66.2 cm³/mol. The summed E-state index contributed by atoms with van der Waals surface area (Å²) in [6.07, 6.45) is 0. The monoisotopic (exact) mass is 250 g/mol. The molecule has 1 saturated heterocycles. The number of aromatic nitrogens is 1. The highest BCUT2D eigenvalue weighted by molar-refractivity contribution is 5.70. The van der Waals surface area contributed by atoms with Gasteiger partial charge in [-0.3, -0.25) is 14.7 Å². The van der Waals surface area contributed by atoms with Gasteiger partial charge in [0.2, 0.25) is 0 Å². The Morgan fingerprint density at radius 1 is 1.56 bits per heavy atom. The molecular formula is C13H18N2O3. The van der Waals surface area contributed by atoms with E-state index in [4.69, 9.17) is 5.11 Å². The Labute approximate surface area is 106 Å². The van der Waals surface area contributed by atoms with Gasteiger partial charge in [0.1, 0.15) is 5.75 Å². The summed E-state index contributed by atoms with van der Waals surface area (Å²) >= 11 is 0. The van der Waals surface area contributed by atoms with Crippen LogP contribution in [0.15, 0.2) is 12.1 Å². The Hall–Kier alpha value is -1.62. The van der Waals surface area contributed by atoms with Crippen molar-refractivity contribution in [3.63, 3.8) is 0 Å². The Balaban J connectivity index is 1.90. The van der Waals surface area contributed by atoms with Crippen molar-refractivity contribution in [2.45, 2.75) is 20.4 Å². The van der Waals surface area contributed by atoms with Crippen LogP contribution in [0, 0.1) is 18.8 Å². The number of hydrogen-bond acceptors (Lipinski definition) is 4. The maximum absolute atomic E-state index is 10.8. The number of rotatable bonds is 4. The van der Waals surface area contributed by atoms with E-state index in [9.17, 15) is 9.90 Å². The number of carboxylic acid groups (broad SMARTS) is 1. The fraction of sp³-hybridized carbons (Fsp3) is 0.538. The zero-order valence-electron chi connectivity index (χ0n) is 10.6. The molecule has 0 aliphatic carbocycles. The minimum Gasteiger partial charge on any atom is -0.506 e. The number of likely N-dealkylation sites (tertiary alicyclic amines) is 1. The minimum atomic E-state index is -0.740. The number of carboxylic acids is 1. The van der Waals surface area contributed by atoms with Gasteiger partial charge in [0, 0.05) is 25.3 Å². The lowest BCUT2D eigenvalue weighted by Gasteiger charge is -2.41. The molecule has 98 valence electrons. The average Bonchev–Trinajstić information content (AvgIpc) is 2.26. The topological polar surface area (TPSA) is 73.7 Å². The largest absolute Gasteiger partial charge is 0.506 e. The van der Waals surface area contributed by atoms with Crippen LogP contribution in [0.1, 0.15) is 18.3 Å². The number of nitrogens with zero attached hydrogens (tertiary/aromatic N) is 2. The van der Waals surface area contributed by atoms with Crippen molar-refractivity contribution in [1.82, 2.24) is 9.88 Å². The molecule has 5 nitrogen and oxygen atoms in total. The van der Waals surface area contributed by atoms with E-state index in [-0.39, 0.29) is 17.6 Å². The van der Waals surface area contributed by atoms with Gasteiger partial charge in [-0.25, -0.2) is 0 Å². The summed E-state index contributed by atoms with van der Waals surface area (Å²) in [5.41, 5.74) is 1.54. The van der Waals surface area contributed by atoms with Crippen LogP contribution in [0.5, 0.6) is 5.75 Å². The number of aryl methyl sites for hydroxylation is 1. The van der Waals surface area contributed by atoms with Gasteiger partial charge in [-0.05, 0) is 25.0 Å². The van der Waals surface area contributed by atoms with Crippen LogP contribution in [-0.4, -0.2) is 39.2 Å². The molecular weight excluding hydrogens is 232 g/mol. The van der Waals surface area contributed by atoms with E-state index >= 15 is 0 Å². The first-order valence-corrected chi connectivity index (χ1v) is 6.08. The molecule has 2 N–H and O–H groups in total. The van der Waals surface area contributed by atoms with Crippen LogP contribution >= 0.6 is 0 Å². The molecule has 1 aromatic heterocycles. The van der Waals surface area contributed by atoms with Gasteiger partial charge < -0.3 is 10.2 Å². The van der Waals surface area contributed by atoms with Crippen molar-refractivity contribution >= 4 is 5.97 Å². The second-order valence-corrected chi connectivity index (χ2v) is 5.00. The van der Waals surface area contributed by atoms with Crippen molar-refractivity contribution in [1.29, 1.82) is 0 Å². The maximum atomic E-state index is 10.8. The van der Waals surface area contributed by atoms with Gasteiger partial charge in [0.15, 0.2) is 0 Å². The van der Waals surface area contributed by atoms with E-state index in [1.807, 2.05) is 6.92 Å². The number of aromatic hydroxyl groups is 1. The first kappa shape index (κ1) is 12.8. The van der Waals surface area contributed by atoms with E-state index < -0.39 is 5.97 Å². The van der Waals surface area contributed by atoms with Gasteiger partial charge >= 0.3 is 5.97 Å². The van der Waals surface area contributed by atoms with Crippen molar-refractivity contribution in [2.24, 2.45) is 11.8 Å². The summed E-state index contributed by atoms with van der Waals surface area (Å²) in [7, 11) is 0. The third kappa shape index (κ3) is 2.61. The molecule has 1 aromatic rings. The minimum absolute atomic E-state index is 0.203. The zero-order valence-corrected chi connectivity index (χ0v) is 10.6. The molecule has 0 saturated carbocycles. The standard InChI is InChI=1S/C13H18N2O3/c1-8-3-4-12(16)11(14-8)7-15-5-10(6-15)9(2)13(17)18/h3-4,9-10,16H,5-7H2,1-2H3,(H,17,18).